The highest BCUT2D eigenvalue weighted by Gasteiger charge is 2.13. The van der Waals surface area contributed by atoms with Crippen molar-refractivity contribution in [2.24, 2.45) is 0 Å². The summed E-state index contributed by atoms with van der Waals surface area (Å²) in [5.74, 6) is 0.809. The number of fused-ring (bicyclic) bond motifs is 1. The normalized spacial score (nSPS) is 10.9. The average Bonchev–Trinajstić information content (AvgIpc) is 2.76. The second-order valence-electron chi connectivity index (χ2n) is 6.74. The van der Waals surface area contributed by atoms with Gasteiger partial charge in [-0.2, -0.15) is 0 Å². The summed E-state index contributed by atoms with van der Waals surface area (Å²) < 4.78 is 7.11. The van der Waals surface area contributed by atoms with Crippen molar-refractivity contribution in [3.8, 4) is 16.9 Å². The third kappa shape index (κ3) is 3.29. The second-order valence-corrected chi connectivity index (χ2v) is 6.74. The number of aryl methyl sites for hydroxylation is 1. The summed E-state index contributed by atoms with van der Waals surface area (Å²) in [6.07, 6.45) is 4.33. The molecule has 0 fully saturated rings. The van der Waals surface area contributed by atoms with E-state index in [2.05, 4.69) is 18.0 Å². The maximum absolute atomic E-state index is 13.5. The van der Waals surface area contributed by atoms with Crippen LogP contribution in [-0.4, -0.2) is 16.7 Å². The van der Waals surface area contributed by atoms with E-state index in [0.29, 0.717) is 6.54 Å². The van der Waals surface area contributed by atoms with Gasteiger partial charge in [0.25, 0.3) is 5.56 Å². The van der Waals surface area contributed by atoms with Crippen molar-refractivity contribution in [3.05, 3.63) is 94.7 Å². The Kier molecular flexibility index (Phi) is 4.94. The van der Waals surface area contributed by atoms with Crippen molar-refractivity contribution in [1.29, 1.82) is 0 Å². The van der Waals surface area contributed by atoms with Gasteiger partial charge in [0.15, 0.2) is 0 Å². The summed E-state index contributed by atoms with van der Waals surface area (Å²) in [6.45, 7) is 2.61. The van der Waals surface area contributed by atoms with Crippen molar-refractivity contribution in [2.75, 3.05) is 7.11 Å². The van der Waals surface area contributed by atoms with Gasteiger partial charge in [0.05, 0.1) is 19.0 Å². The SMILES string of the molecule is CCc1cc2cccc(-c3cccnc3)c2c(=O)n1Cc1ccc(OC)cc1. The minimum Gasteiger partial charge on any atom is -0.497 e. The molecule has 140 valence electrons. The van der Waals surface area contributed by atoms with E-state index in [1.165, 1.54) is 0 Å². The van der Waals surface area contributed by atoms with Gasteiger partial charge < -0.3 is 9.30 Å². The van der Waals surface area contributed by atoms with Gasteiger partial charge in [0.1, 0.15) is 5.75 Å². The van der Waals surface area contributed by atoms with E-state index in [0.717, 1.165) is 45.3 Å². The first-order valence-electron chi connectivity index (χ1n) is 9.40. The topological polar surface area (TPSA) is 44.1 Å². The molecular formula is C24H22N2O2. The van der Waals surface area contributed by atoms with Gasteiger partial charge in [0, 0.05) is 23.7 Å². The lowest BCUT2D eigenvalue weighted by Gasteiger charge is -2.16. The van der Waals surface area contributed by atoms with Crippen LogP contribution in [-0.2, 0) is 13.0 Å². The predicted molar refractivity (Wildman–Crippen MR) is 113 cm³/mol. The molecule has 0 N–H and O–H groups in total. The van der Waals surface area contributed by atoms with E-state index in [1.807, 2.05) is 59.2 Å². The van der Waals surface area contributed by atoms with Gasteiger partial charge in [-0.25, -0.2) is 0 Å². The minimum atomic E-state index is 0.0321. The molecule has 0 amide bonds. The van der Waals surface area contributed by atoms with Gasteiger partial charge in [-0.3, -0.25) is 9.78 Å². The number of benzene rings is 2. The third-order valence-electron chi connectivity index (χ3n) is 5.06. The zero-order chi connectivity index (χ0) is 19.5. The van der Waals surface area contributed by atoms with Crippen molar-refractivity contribution in [3.63, 3.8) is 0 Å². The van der Waals surface area contributed by atoms with E-state index in [-0.39, 0.29) is 5.56 Å². The third-order valence-corrected chi connectivity index (χ3v) is 5.06. The van der Waals surface area contributed by atoms with Crippen molar-refractivity contribution < 1.29 is 4.74 Å². The molecule has 28 heavy (non-hydrogen) atoms. The number of hydrogen-bond donors (Lipinski definition) is 0. The van der Waals surface area contributed by atoms with Crippen molar-refractivity contribution in [2.45, 2.75) is 19.9 Å². The zero-order valence-electron chi connectivity index (χ0n) is 16.1. The first kappa shape index (κ1) is 18.0. The quantitative estimate of drug-likeness (QED) is 0.512. The molecule has 0 aliphatic heterocycles. The maximum Gasteiger partial charge on any atom is 0.259 e. The van der Waals surface area contributed by atoms with Gasteiger partial charge >= 0.3 is 0 Å². The number of hydrogen-bond acceptors (Lipinski definition) is 3. The molecule has 0 saturated heterocycles. The van der Waals surface area contributed by atoms with Crippen LogP contribution in [0.15, 0.2) is 77.9 Å². The number of ether oxygens (including phenoxy) is 1. The van der Waals surface area contributed by atoms with Crippen LogP contribution in [0.2, 0.25) is 0 Å². The molecule has 4 rings (SSSR count). The Morgan fingerprint density at radius 3 is 2.54 bits per heavy atom. The van der Waals surface area contributed by atoms with E-state index in [9.17, 15) is 4.79 Å². The molecule has 4 heteroatoms. The van der Waals surface area contributed by atoms with E-state index >= 15 is 0 Å². The molecule has 0 unspecified atom stereocenters. The molecule has 2 aromatic carbocycles. The number of methoxy groups -OCH3 is 1. The number of rotatable bonds is 5. The molecule has 2 aromatic heterocycles. The molecule has 0 bridgehead atoms. The molecule has 2 heterocycles. The largest absolute Gasteiger partial charge is 0.497 e. The van der Waals surface area contributed by atoms with E-state index in [1.54, 1.807) is 19.5 Å². The Hall–Kier alpha value is -3.40. The fraction of sp³-hybridized carbons (Fsp3) is 0.167. The van der Waals surface area contributed by atoms with Crippen molar-refractivity contribution in [1.82, 2.24) is 9.55 Å². The summed E-state index contributed by atoms with van der Waals surface area (Å²) in [5, 5.41) is 1.70. The van der Waals surface area contributed by atoms with Crippen LogP contribution < -0.4 is 10.3 Å². The Morgan fingerprint density at radius 2 is 1.86 bits per heavy atom. The lowest BCUT2D eigenvalue weighted by molar-refractivity contribution is 0.414. The van der Waals surface area contributed by atoms with E-state index in [4.69, 9.17) is 4.74 Å². The Labute approximate surface area is 164 Å². The minimum absolute atomic E-state index is 0.0321. The predicted octanol–water partition coefficient (Wildman–Crippen LogP) is 4.68. The number of pyridine rings is 2. The summed E-state index contributed by atoms with van der Waals surface area (Å²) in [6, 6.07) is 19.9. The maximum atomic E-state index is 13.5. The van der Waals surface area contributed by atoms with Crippen LogP contribution in [0.3, 0.4) is 0 Å². The highest BCUT2D eigenvalue weighted by Crippen LogP contribution is 2.26. The van der Waals surface area contributed by atoms with Crippen LogP contribution in [0.1, 0.15) is 18.2 Å². The first-order valence-corrected chi connectivity index (χ1v) is 9.40. The van der Waals surface area contributed by atoms with Crippen LogP contribution in [0.5, 0.6) is 5.75 Å². The molecular weight excluding hydrogens is 348 g/mol. The zero-order valence-corrected chi connectivity index (χ0v) is 16.1. The lowest BCUT2D eigenvalue weighted by Crippen LogP contribution is -2.24. The van der Waals surface area contributed by atoms with Gasteiger partial charge in [-0.1, -0.05) is 43.3 Å². The second kappa shape index (κ2) is 7.69. The summed E-state index contributed by atoms with van der Waals surface area (Å²) in [7, 11) is 1.65. The van der Waals surface area contributed by atoms with Gasteiger partial charge in [0.2, 0.25) is 0 Å². The molecule has 0 spiro atoms. The molecule has 4 aromatic rings. The molecule has 0 saturated carbocycles. The highest BCUT2D eigenvalue weighted by molar-refractivity contribution is 5.96. The molecule has 0 aliphatic carbocycles. The first-order chi connectivity index (χ1) is 13.7. The van der Waals surface area contributed by atoms with Crippen LogP contribution in [0.25, 0.3) is 21.9 Å². The standard InChI is InChI=1S/C24H22N2O2/c1-3-20-14-18-6-4-8-22(19-7-5-13-25-15-19)23(18)24(27)26(20)16-17-9-11-21(28-2)12-10-17/h4-15H,3,16H2,1-2H3. The van der Waals surface area contributed by atoms with Crippen LogP contribution in [0.4, 0.5) is 0 Å². The fourth-order valence-electron chi connectivity index (χ4n) is 3.59. The van der Waals surface area contributed by atoms with Gasteiger partial charge in [-0.05, 0) is 47.2 Å². The Bertz CT molecular complexity index is 1160. The monoisotopic (exact) mass is 370 g/mol. The number of nitrogens with zero attached hydrogens (tertiary/aromatic N) is 2. The molecule has 4 nitrogen and oxygen atoms in total. The fourth-order valence-corrected chi connectivity index (χ4v) is 3.59. The van der Waals surface area contributed by atoms with E-state index < -0.39 is 0 Å². The van der Waals surface area contributed by atoms with Crippen LogP contribution in [0, 0.1) is 0 Å². The molecule has 0 radical (unpaired) electrons. The highest BCUT2D eigenvalue weighted by atomic mass is 16.5. The molecule has 0 atom stereocenters. The van der Waals surface area contributed by atoms with Gasteiger partial charge in [-0.15, -0.1) is 0 Å². The smallest absolute Gasteiger partial charge is 0.259 e. The number of aromatic nitrogens is 2. The summed E-state index contributed by atoms with van der Waals surface area (Å²) in [5.41, 5.74) is 3.99. The van der Waals surface area contributed by atoms with Crippen molar-refractivity contribution >= 4 is 10.8 Å². The Morgan fingerprint density at radius 1 is 1.04 bits per heavy atom. The summed E-state index contributed by atoms with van der Waals surface area (Å²) >= 11 is 0. The molecule has 0 aliphatic rings. The lowest BCUT2D eigenvalue weighted by atomic mass is 9.99. The summed E-state index contributed by atoms with van der Waals surface area (Å²) in [4.78, 5) is 17.8. The van der Waals surface area contributed by atoms with Crippen LogP contribution >= 0.6 is 0 Å². The Balaban J connectivity index is 1.90. The average molecular weight is 370 g/mol.